The van der Waals surface area contributed by atoms with Crippen LogP contribution in [0.25, 0.3) is 0 Å². The van der Waals surface area contributed by atoms with Crippen molar-refractivity contribution in [2.24, 2.45) is 5.92 Å². The summed E-state index contributed by atoms with van der Waals surface area (Å²) >= 11 is 0.718. The van der Waals surface area contributed by atoms with Crippen LogP contribution in [0.15, 0.2) is 5.16 Å². The van der Waals surface area contributed by atoms with Crippen molar-refractivity contribution in [2.45, 2.75) is 36.6 Å². The number of carbonyl (C=O) groups is 1. The molecule has 11 heteroatoms. The highest BCUT2D eigenvalue weighted by molar-refractivity contribution is 7.99. The molecule has 1 fully saturated rings. The molecule has 0 spiro atoms. The molecule has 22 heavy (non-hydrogen) atoms. The second-order valence-electron chi connectivity index (χ2n) is 5.10. The number of amides is 1. The Hall–Kier alpha value is -1.96. The fraction of sp³-hybridized carbons (Fsp3) is 0.636. The van der Waals surface area contributed by atoms with Gasteiger partial charge in [-0.05, 0) is 25.7 Å². The van der Waals surface area contributed by atoms with Gasteiger partial charge < -0.3 is 11.2 Å². The van der Waals surface area contributed by atoms with Crippen LogP contribution in [0.3, 0.4) is 0 Å². The van der Waals surface area contributed by atoms with Gasteiger partial charge in [-0.1, -0.05) is 11.8 Å². The van der Waals surface area contributed by atoms with Crippen molar-refractivity contribution in [3.63, 3.8) is 0 Å². The number of alkyl halides is 3. The van der Waals surface area contributed by atoms with Gasteiger partial charge in [0.1, 0.15) is 5.54 Å². The van der Waals surface area contributed by atoms with Gasteiger partial charge in [0.25, 0.3) is 5.82 Å². The van der Waals surface area contributed by atoms with Crippen molar-refractivity contribution in [3.05, 3.63) is 5.82 Å². The van der Waals surface area contributed by atoms with E-state index in [4.69, 9.17) is 11.1 Å². The number of nitrogens with one attached hydrogen (secondary N) is 1. The molecule has 0 unspecified atom stereocenters. The molecule has 0 radical (unpaired) electrons. The molecule has 2 rings (SSSR count). The number of hydrogen-bond donors (Lipinski definition) is 2. The zero-order valence-electron chi connectivity index (χ0n) is 11.5. The van der Waals surface area contributed by atoms with Crippen LogP contribution >= 0.6 is 11.8 Å². The molecule has 1 heterocycles. The van der Waals surface area contributed by atoms with Gasteiger partial charge in [0.15, 0.2) is 0 Å². The zero-order chi connectivity index (χ0) is 16.5. The Morgan fingerprint density at radius 2 is 2.18 bits per heavy atom. The van der Waals surface area contributed by atoms with Crippen molar-refractivity contribution in [3.8, 4) is 6.07 Å². The van der Waals surface area contributed by atoms with Gasteiger partial charge in [-0.15, -0.1) is 10.2 Å². The lowest BCUT2D eigenvalue weighted by Gasteiger charge is -2.22. The molecule has 0 aliphatic heterocycles. The molecule has 1 amide bonds. The number of nitrogen functional groups attached to an aromatic ring is 1. The van der Waals surface area contributed by atoms with E-state index in [1.807, 2.05) is 0 Å². The standard InChI is InChI=1S/C11H13F3N6OS/c1-10(5-15,6-2-3-6)17-7(21)4-22-9-19-18-8(20(9)16)11(12,13)14/h6H,2-4,16H2,1H3,(H,17,21)/t10-/m1/s1. The molecule has 0 aromatic carbocycles. The maximum Gasteiger partial charge on any atom is 0.453 e. The summed E-state index contributed by atoms with van der Waals surface area (Å²) in [4.78, 5) is 11.8. The Morgan fingerprint density at radius 3 is 2.64 bits per heavy atom. The third kappa shape index (κ3) is 3.44. The second-order valence-corrected chi connectivity index (χ2v) is 6.04. The minimum atomic E-state index is -4.71. The third-order valence-electron chi connectivity index (χ3n) is 3.28. The summed E-state index contributed by atoms with van der Waals surface area (Å²) in [6.45, 7) is 1.63. The fourth-order valence-corrected chi connectivity index (χ4v) is 2.56. The number of hydrogen-bond acceptors (Lipinski definition) is 6. The molecular formula is C11H13F3N6OS. The van der Waals surface area contributed by atoms with Crippen LogP contribution in [0.2, 0.25) is 0 Å². The Labute approximate surface area is 128 Å². The minimum Gasteiger partial charge on any atom is -0.337 e. The van der Waals surface area contributed by atoms with Crippen molar-refractivity contribution >= 4 is 17.7 Å². The van der Waals surface area contributed by atoms with Crippen molar-refractivity contribution in [1.29, 1.82) is 5.26 Å². The first-order valence-electron chi connectivity index (χ1n) is 6.30. The van der Waals surface area contributed by atoms with E-state index in [0.717, 1.165) is 24.6 Å². The fourth-order valence-electron chi connectivity index (χ4n) is 1.91. The van der Waals surface area contributed by atoms with Gasteiger partial charge in [0, 0.05) is 0 Å². The topological polar surface area (TPSA) is 110 Å². The normalized spacial score (nSPS) is 17.6. The molecule has 1 aromatic heterocycles. The van der Waals surface area contributed by atoms with Gasteiger partial charge in [0.05, 0.1) is 11.8 Å². The van der Waals surface area contributed by atoms with Crippen LogP contribution in [0.1, 0.15) is 25.6 Å². The van der Waals surface area contributed by atoms with Crippen molar-refractivity contribution in [1.82, 2.24) is 20.2 Å². The monoisotopic (exact) mass is 334 g/mol. The number of rotatable bonds is 5. The molecule has 0 saturated heterocycles. The zero-order valence-corrected chi connectivity index (χ0v) is 12.3. The highest BCUT2D eigenvalue weighted by Gasteiger charge is 2.43. The lowest BCUT2D eigenvalue weighted by atomic mass is 9.98. The van der Waals surface area contributed by atoms with E-state index >= 15 is 0 Å². The number of carbonyl (C=O) groups excluding carboxylic acids is 1. The average molecular weight is 334 g/mol. The molecule has 1 aliphatic rings. The average Bonchev–Trinajstić information content (AvgIpc) is 3.20. The predicted octanol–water partition coefficient (Wildman–Crippen LogP) is 0.911. The van der Waals surface area contributed by atoms with E-state index in [-0.39, 0.29) is 16.8 Å². The van der Waals surface area contributed by atoms with E-state index in [2.05, 4.69) is 21.6 Å². The summed E-state index contributed by atoms with van der Waals surface area (Å²) in [5.74, 6) is 3.34. The quantitative estimate of drug-likeness (QED) is 0.612. The molecule has 1 aliphatic carbocycles. The lowest BCUT2D eigenvalue weighted by Crippen LogP contribution is -2.47. The van der Waals surface area contributed by atoms with Crippen LogP contribution < -0.4 is 11.2 Å². The van der Waals surface area contributed by atoms with Crippen LogP contribution in [0.5, 0.6) is 0 Å². The van der Waals surface area contributed by atoms with Crippen LogP contribution in [0, 0.1) is 17.2 Å². The van der Waals surface area contributed by atoms with Gasteiger partial charge in [0.2, 0.25) is 11.1 Å². The smallest absolute Gasteiger partial charge is 0.337 e. The van der Waals surface area contributed by atoms with Gasteiger partial charge in [-0.3, -0.25) is 4.79 Å². The first-order chi connectivity index (χ1) is 10.2. The van der Waals surface area contributed by atoms with Gasteiger partial charge in [-0.25, -0.2) is 4.68 Å². The van der Waals surface area contributed by atoms with Gasteiger partial charge in [-0.2, -0.15) is 18.4 Å². The summed E-state index contributed by atoms with van der Waals surface area (Å²) in [5, 5.41) is 17.7. The Balaban J connectivity index is 1.95. The first kappa shape index (κ1) is 16.4. The summed E-state index contributed by atoms with van der Waals surface area (Å²) in [5.41, 5.74) is -0.953. The van der Waals surface area contributed by atoms with E-state index in [1.165, 1.54) is 0 Å². The molecule has 1 saturated carbocycles. The number of nitrogens with two attached hydrogens (primary N) is 1. The summed E-state index contributed by atoms with van der Waals surface area (Å²) < 4.78 is 37.8. The Morgan fingerprint density at radius 1 is 1.55 bits per heavy atom. The molecule has 7 nitrogen and oxygen atoms in total. The van der Waals surface area contributed by atoms with Crippen molar-refractivity contribution in [2.75, 3.05) is 11.6 Å². The van der Waals surface area contributed by atoms with Crippen LogP contribution in [-0.2, 0) is 11.0 Å². The molecular weight excluding hydrogens is 321 g/mol. The molecule has 0 bridgehead atoms. The number of halogens is 3. The molecule has 1 aromatic rings. The summed E-state index contributed by atoms with van der Waals surface area (Å²) in [7, 11) is 0. The summed E-state index contributed by atoms with van der Waals surface area (Å²) in [6.07, 6.45) is -2.98. The lowest BCUT2D eigenvalue weighted by molar-refractivity contribution is -0.146. The maximum atomic E-state index is 12.5. The third-order valence-corrected chi connectivity index (χ3v) is 4.22. The Kier molecular flexibility index (Phi) is 4.23. The Bertz CT molecular complexity index is 620. The van der Waals surface area contributed by atoms with E-state index in [0.29, 0.717) is 4.68 Å². The van der Waals surface area contributed by atoms with Gasteiger partial charge >= 0.3 is 6.18 Å². The van der Waals surface area contributed by atoms with E-state index in [1.54, 1.807) is 6.92 Å². The molecule has 1 atom stereocenters. The minimum absolute atomic E-state index is 0.112. The summed E-state index contributed by atoms with van der Waals surface area (Å²) in [6, 6.07) is 2.06. The molecule has 120 valence electrons. The van der Waals surface area contributed by atoms with Crippen molar-refractivity contribution < 1.29 is 18.0 Å². The number of nitriles is 1. The molecule has 3 N–H and O–H groups in total. The largest absolute Gasteiger partial charge is 0.453 e. The maximum absolute atomic E-state index is 12.5. The van der Waals surface area contributed by atoms with Crippen LogP contribution in [0.4, 0.5) is 13.2 Å². The highest BCUT2D eigenvalue weighted by atomic mass is 32.2. The number of aromatic nitrogens is 3. The van der Waals surface area contributed by atoms with E-state index < -0.39 is 23.4 Å². The highest BCUT2D eigenvalue weighted by Crippen LogP contribution is 2.39. The predicted molar refractivity (Wildman–Crippen MR) is 70.8 cm³/mol. The van der Waals surface area contributed by atoms with E-state index in [9.17, 15) is 18.0 Å². The first-order valence-corrected chi connectivity index (χ1v) is 7.28. The SMILES string of the molecule is C[C@](C#N)(NC(=O)CSc1nnc(C(F)(F)F)n1N)C1CC1. The van der Waals surface area contributed by atoms with Crippen LogP contribution in [-0.4, -0.2) is 32.1 Å². The number of thioether (sulfide) groups is 1. The number of nitrogens with zero attached hydrogens (tertiary/aromatic N) is 4. The second kappa shape index (κ2) is 5.68.